The molecule has 216 valence electrons. The Kier molecular flexibility index (Phi) is 5.86. The maximum Gasteiger partial charge on any atom is 0.319 e. The van der Waals surface area contributed by atoms with Crippen LogP contribution in [0.25, 0.3) is 22.2 Å². The Labute approximate surface area is 235 Å². The zero-order valence-electron chi connectivity index (χ0n) is 22.8. The summed E-state index contributed by atoms with van der Waals surface area (Å²) in [6.45, 7) is 3.01. The predicted octanol–water partition coefficient (Wildman–Crippen LogP) is 4.45. The van der Waals surface area contributed by atoms with Crippen molar-refractivity contribution in [3.05, 3.63) is 35.5 Å². The number of phenols is 1. The molecule has 2 N–H and O–H groups in total. The zero-order chi connectivity index (χ0) is 27.9. The van der Waals surface area contributed by atoms with E-state index < -0.39 is 23.3 Å². The van der Waals surface area contributed by atoms with Crippen molar-refractivity contribution < 1.29 is 23.0 Å². The third kappa shape index (κ3) is 4.22. The quantitative estimate of drug-likeness (QED) is 0.453. The van der Waals surface area contributed by atoms with Crippen LogP contribution in [0.2, 0.25) is 0 Å². The number of benzene rings is 1. The number of anilines is 1. The SMILES string of the molecule is Oc1cc(F)c(C2CC2)c(-c2ncc3c(N4CC5CCC4CN5)nc(OC[C@]45CCCN4C[C@@H](F)C5)nc3c2F)c1. The minimum atomic E-state index is -0.891. The third-order valence-electron chi connectivity index (χ3n) is 9.85. The summed E-state index contributed by atoms with van der Waals surface area (Å²) in [5.41, 5.74) is 0.218. The number of hydrogen-bond donors (Lipinski definition) is 2. The Morgan fingerprint density at radius 1 is 1.12 bits per heavy atom. The van der Waals surface area contributed by atoms with E-state index in [4.69, 9.17) is 9.72 Å². The minimum Gasteiger partial charge on any atom is -0.508 e. The Balaban J connectivity index is 1.24. The molecule has 7 heterocycles. The molecule has 6 fully saturated rings. The first-order valence-electron chi connectivity index (χ1n) is 14.8. The summed E-state index contributed by atoms with van der Waals surface area (Å²) in [6, 6.07) is 3.00. The average molecular weight is 567 g/mol. The molecule has 9 rings (SSSR count). The van der Waals surface area contributed by atoms with Crippen molar-refractivity contribution in [3.8, 4) is 23.0 Å². The van der Waals surface area contributed by atoms with Crippen LogP contribution >= 0.6 is 0 Å². The van der Waals surface area contributed by atoms with Crippen LogP contribution in [-0.2, 0) is 0 Å². The molecule has 4 atom stereocenters. The van der Waals surface area contributed by atoms with Crippen molar-refractivity contribution in [2.45, 2.75) is 74.7 Å². The number of nitrogens with one attached hydrogen (secondary N) is 1. The standard InChI is InChI=1S/C30H33F3N6O2/c31-17-10-30(6-1-7-38(30)13-17)15-41-29-36-27-22(28(37-29)39-14-18-4-5-19(39)11-34-18)12-35-26(25(27)33)21-8-20(40)9-23(32)24(21)16-2-3-16/h8-9,12,16-19,34,40H,1-7,10-11,13-15H2/t17-,18?,19?,30+/m0/s1. The van der Waals surface area contributed by atoms with Crippen LogP contribution in [0.5, 0.6) is 11.8 Å². The summed E-state index contributed by atoms with van der Waals surface area (Å²) in [6.07, 6.45) is 6.57. The van der Waals surface area contributed by atoms with E-state index in [-0.39, 0.29) is 47.1 Å². The summed E-state index contributed by atoms with van der Waals surface area (Å²) < 4.78 is 52.1. The molecule has 2 bridgehead atoms. The number of aromatic hydroxyl groups is 1. The highest BCUT2D eigenvalue weighted by molar-refractivity contribution is 5.92. The highest BCUT2D eigenvalue weighted by Gasteiger charge is 2.49. The summed E-state index contributed by atoms with van der Waals surface area (Å²) in [7, 11) is 0. The van der Waals surface area contributed by atoms with Gasteiger partial charge in [0, 0.05) is 61.5 Å². The number of phenolic OH excluding ortho intramolecular Hbond substituents is 1. The molecule has 2 aromatic heterocycles. The molecule has 5 saturated heterocycles. The molecular formula is C30H33F3N6O2. The van der Waals surface area contributed by atoms with E-state index in [1.54, 1.807) is 6.20 Å². The maximum absolute atomic E-state index is 16.5. The van der Waals surface area contributed by atoms with Crippen LogP contribution in [0.1, 0.15) is 56.4 Å². The highest BCUT2D eigenvalue weighted by atomic mass is 19.1. The van der Waals surface area contributed by atoms with Gasteiger partial charge in [0.25, 0.3) is 0 Å². The molecule has 0 amide bonds. The number of piperidine rings is 2. The average Bonchev–Trinajstić information content (AvgIpc) is 3.65. The fraction of sp³-hybridized carbons (Fsp3) is 0.567. The topological polar surface area (TPSA) is 86.6 Å². The summed E-state index contributed by atoms with van der Waals surface area (Å²) in [4.78, 5) is 18.2. The Morgan fingerprint density at radius 2 is 2.00 bits per heavy atom. The second-order valence-corrected chi connectivity index (χ2v) is 12.5. The summed E-state index contributed by atoms with van der Waals surface area (Å²) >= 11 is 0. The van der Waals surface area contributed by atoms with E-state index >= 15 is 4.39 Å². The molecule has 1 saturated carbocycles. The zero-order valence-corrected chi connectivity index (χ0v) is 22.8. The summed E-state index contributed by atoms with van der Waals surface area (Å²) in [5, 5.41) is 14.2. The largest absolute Gasteiger partial charge is 0.508 e. The van der Waals surface area contributed by atoms with Crippen LogP contribution in [0.4, 0.5) is 19.0 Å². The van der Waals surface area contributed by atoms with Gasteiger partial charge in [-0.05, 0) is 57.1 Å². The smallest absolute Gasteiger partial charge is 0.319 e. The second kappa shape index (κ2) is 9.42. The molecule has 8 nitrogen and oxygen atoms in total. The fourth-order valence-corrected chi connectivity index (χ4v) is 7.70. The van der Waals surface area contributed by atoms with Gasteiger partial charge in [-0.3, -0.25) is 9.88 Å². The molecule has 1 aromatic carbocycles. The lowest BCUT2D eigenvalue weighted by atomic mass is 9.93. The highest BCUT2D eigenvalue weighted by Crippen LogP contribution is 2.47. The molecule has 6 aliphatic rings. The lowest BCUT2D eigenvalue weighted by Gasteiger charge is -2.46. The number of nitrogens with zero attached hydrogens (tertiary/aromatic N) is 5. The molecular weight excluding hydrogens is 533 g/mol. The van der Waals surface area contributed by atoms with Crippen LogP contribution in [-0.4, -0.2) is 81.5 Å². The van der Waals surface area contributed by atoms with Gasteiger partial charge in [-0.15, -0.1) is 0 Å². The molecule has 2 unspecified atom stereocenters. The number of alkyl halides is 1. The van der Waals surface area contributed by atoms with Gasteiger partial charge in [0.05, 0.1) is 10.9 Å². The van der Waals surface area contributed by atoms with E-state index in [9.17, 15) is 13.9 Å². The van der Waals surface area contributed by atoms with Crippen molar-refractivity contribution in [3.63, 3.8) is 0 Å². The first kappa shape index (κ1) is 25.5. The number of piperazine rings is 1. The molecule has 0 spiro atoms. The number of rotatable bonds is 6. The maximum atomic E-state index is 16.5. The number of halogens is 3. The second-order valence-electron chi connectivity index (χ2n) is 12.5. The van der Waals surface area contributed by atoms with Crippen LogP contribution in [0.15, 0.2) is 18.3 Å². The minimum absolute atomic E-state index is 0.0295. The number of ether oxygens (including phenoxy) is 1. The normalized spacial score (nSPS) is 29.4. The lowest BCUT2D eigenvalue weighted by Crippen LogP contribution is -2.61. The van der Waals surface area contributed by atoms with E-state index in [1.807, 2.05) is 0 Å². The van der Waals surface area contributed by atoms with E-state index in [1.165, 1.54) is 6.07 Å². The van der Waals surface area contributed by atoms with Gasteiger partial charge in [0.1, 0.15) is 41.4 Å². The van der Waals surface area contributed by atoms with Crippen molar-refractivity contribution in [2.24, 2.45) is 0 Å². The van der Waals surface area contributed by atoms with Crippen molar-refractivity contribution in [2.75, 3.05) is 37.7 Å². The lowest BCUT2D eigenvalue weighted by molar-refractivity contribution is 0.107. The molecule has 5 aliphatic heterocycles. The Hall–Kier alpha value is -3.18. The van der Waals surface area contributed by atoms with Gasteiger partial charge in [-0.1, -0.05) is 0 Å². The first-order valence-corrected chi connectivity index (χ1v) is 14.8. The monoisotopic (exact) mass is 566 g/mol. The molecule has 0 radical (unpaired) electrons. The Bertz CT molecular complexity index is 1530. The van der Waals surface area contributed by atoms with Crippen LogP contribution in [0.3, 0.4) is 0 Å². The first-order chi connectivity index (χ1) is 19.9. The van der Waals surface area contributed by atoms with Gasteiger partial charge in [-0.2, -0.15) is 9.97 Å². The van der Waals surface area contributed by atoms with Gasteiger partial charge >= 0.3 is 6.01 Å². The number of aromatic nitrogens is 3. The summed E-state index contributed by atoms with van der Waals surface area (Å²) in [5.74, 6) is -1.00. The Morgan fingerprint density at radius 3 is 2.76 bits per heavy atom. The number of hydrogen-bond acceptors (Lipinski definition) is 8. The fourth-order valence-electron chi connectivity index (χ4n) is 7.70. The molecule has 11 heteroatoms. The number of pyridine rings is 1. The van der Waals surface area contributed by atoms with Gasteiger partial charge < -0.3 is 20.1 Å². The van der Waals surface area contributed by atoms with Crippen LogP contribution in [0, 0.1) is 11.6 Å². The molecule has 3 aromatic rings. The van der Waals surface area contributed by atoms with Gasteiger partial charge in [-0.25, -0.2) is 13.2 Å². The van der Waals surface area contributed by atoms with E-state index in [0.29, 0.717) is 35.8 Å². The number of fused-ring (bicyclic) bond motifs is 5. The van der Waals surface area contributed by atoms with Crippen molar-refractivity contribution >= 4 is 16.7 Å². The predicted molar refractivity (Wildman–Crippen MR) is 147 cm³/mol. The van der Waals surface area contributed by atoms with Crippen molar-refractivity contribution in [1.82, 2.24) is 25.2 Å². The van der Waals surface area contributed by atoms with E-state index in [2.05, 4.69) is 25.1 Å². The molecule has 1 aliphatic carbocycles. The van der Waals surface area contributed by atoms with Gasteiger partial charge in [0.2, 0.25) is 0 Å². The van der Waals surface area contributed by atoms with Crippen LogP contribution < -0.4 is 15.0 Å². The molecule has 41 heavy (non-hydrogen) atoms. The van der Waals surface area contributed by atoms with Gasteiger partial charge in [0.15, 0.2) is 5.82 Å². The third-order valence-corrected chi connectivity index (χ3v) is 9.85. The van der Waals surface area contributed by atoms with E-state index in [0.717, 1.165) is 64.2 Å². The van der Waals surface area contributed by atoms with Crippen molar-refractivity contribution in [1.29, 1.82) is 0 Å².